The van der Waals surface area contributed by atoms with Gasteiger partial charge in [0.2, 0.25) is 0 Å². The molecular weight excluding hydrogens is 182 g/mol. The van der Waals surface area contributed by atoms with Crippen LogP contribution in [-0.4, -0.2) is 33.8 Å². The molecule has 0 aliphatic rings. The van der Waals surface area contributed by atoms with E-state index in [1.165, 1.54) is 13.3 Å². The average molecular weight is 197 g/mol. The van der Waals surface area contributed by atoms with E-state index in [1.807, 2.05) is 6.92 Å². The molecule has 78 valence electrons. The highest BCUT2D eigenvalue weighted by molar-refractivity contribution is 5.02. The second-order valence-corrected chi connectivity index (χ2v) is 3.24. The van der Waals surface area contributed by atoms with Crippen molar-refractivity contribution in [2.24, 2.45) is 0 Å². The van der Waals surface area contributed by atoms with E-state index in [2.05, 4.69) is 16.9 Å². The number of rotatable bonds is 5. The quantitative estimate of drug-likeness (QED) is 0.700. The van der Waals surface area contributed by atoms with Gasteiger partial charge in [-0.15, -0.1) is 5.10 Å². The third kappa shape index (κ3) is 2.65. The Labute approximate surface area is 83.0 Å². The molecule has 0 saturated heterocycles. The largest absolute Gasteiger partial charge is 0.384 e. The lowest BCUT2D eigenvalue weighted by molar-refractivity contribution is 0.0588. The molecule has 0 aromatic carbocycles. The molecule has 1 aromatic rings. The summed E-state index contributed by atoms with van der Waals surface area (Å²) in [5, 5.41) is 17.2. The van der Waals surface area contributed by atoms with Crippen molar-refractivity contribution >= 4 is 0 Å². The van der Waals surface area contributed by atoms with Crippen molar-refractivity contribution in [1.82, 2.24) is 15.0 Å². The number of nitrogens with zero attached hydrogens (tertiary/aromatic N) is 3. The van der Waals surface area contributed by atoms with Crippen molar-refractivity contribution in [3.8, 4) is 0 Å². The minimum absolute atomic E-state index is 0.240. The fourth-order valence-corrected chi connectivity index (χ4v) is 1.15. The zero-order valence-corrected chi connectivity index (χ0v) is 8.47. The lowest BCUT2D eigenvalue weighted by Crippen LogP contribution is -2.13. The van der Waals surface area contributed by atoms with Crippen molar-refractivity contribution in [2.75, 3.05) is 13.7 Å². The van der Waals surface area contributed by atoms with Gasteiger partial charge in [0, 0.05) is 7.11 Å². The van der Waals surface area contributed by atoms with Gasteiger partial charge in [0.25, 0.3) is 0 Å². The Morgan fingerprint density at radius 1 is 1.79 bits per heavy atom. The summed E-state index contributed by atoms with van der Waals surface area (Å²) in [5.41, 5.74) is 1.61. The Morgan fingerprint density at radius 3 is 3.07 bits per heavy atom. The Balaban J connectivity index is 2.75. The fraction of sp³-hybridized carbons (Fsp3) is 0.556. The lowest BCUT2D eigenvalue weighted by atomic mass is 10.2. The molecular formula is C9H15N3O2. The van der Waals surface area contributed by atoms with Crippen molar-refractivity contribution in [1.29, 1.82) is 0 Å². The smallest absolute Gasteiger partial charge is 0.120 e. The number of aliphatic hydroxyl groups excluding tert-OH is 1. The Morgan fingerprint density at radius 2 is 2.50 bits per heavy atom. The van der Waals surface area contributed by atoms with Gasteiger partial charge in [0.1, 0.15) is 6.10 Å². The molecule has 0 saturated carbocycles. The zero-order chi connectivity index (χ0) is 10.6. The first-order valence-corrected chi connectivity index (χ1v) is 4.35. The summed E-state index contributed by atoms with van der Waals surface area (Å²) in [4.78, 5) is 0. The summed E-state index contributed by atoms with van der Waals surface area (Å²) in [6.45, 7) is 6.48. The minimum Gasteiger partial charge on any atom is -0.384 e. The normalized spacial score (nSPS) is 12.8. The highest BCUT2D eigenvalue weighted by Crippen LogP contribution is 2.11. The van der Waals surface area contributed by atoms with Gasteiger partial charge < -0.3 is 9.84 Å². The summed E-state index contributed by atoms with van der Waals surface area (Å²) >= 11 is 0. The molecule has 0 amide bonds. The Hall–Kier alpha value is -1.20. The predicted octanol–water partition coefficient (Wildman–Crippen LogP) is 0.534. The lowest BCUT2D eigenvalue weighted by Gasteiger charge is -2.10. The molecule has 0 fully saturated rings. The molecule has 1 aromatic heterocycles. The van der Waals surface area contributed by atoms with E-state index >= 15 is 0 Å². The summed E-state index contributed by atoms with van der Waals surface area (Å²) in [6.07, 6.45) is 0.849. The van der Waals surface area contributed by atoms with E-state index in [0.29, 0.717) is 12.2 Å². The van der Waals surface area contributed by atoms with Gasteiger partial charge >= 0.3 is 0 Å². The van der Waals surface area contributed by atoms with Crippen LogP contribution in [0.25, 0.3) is 0 Å². The number of ether oxygens (including phenoxy) is 1. The number of hydrogen-bond acceptors (Lipinski definition) is 4. The molecule has 5 nitrogen and oxygen atoms in total. The topological polar surface area (TPSA) is 60.2 Å². The highest BCUT2D eigenvalue weighted by Gasteiger charge is 2.13. The van der Waals surface area contributed by atoms with E-state index in [-0.39, 0.29) is 6.61 Å². The predicted molar refractivity (Wildman–Crippen MR) is 51.7 cm³/mol. The van der Waals surface area contributed by atoms with Crippen LogP contribution in [0, 0.1) is 0 Å². The van der Waals surface area contributed by atoms with E-state index in [9.17, 15) is 5.11 Å². The fourth-order valence-electron chi connectivity index (χ4n) is 1.15. The molecule has 1 N–H and O–H groups in total. The molecule has 14 heavy (non-hydrogen) atoms. The number of allylic oxidation sites excluding steroid dienone is 1. The van der Waals surface area contributed by atoms with Crippen LogP contribution in [0.15, 0.2) is 18.3 Å². The minimum atomic E-state index is -0.686. The van der Waals surface area contributed by atoms with Crippen molar-refractivity contribution in [3.63, 3.8) is 0 Å². The van der Waals surface area contributed by atoms with E-state index in [4.69, 9.17) is 4.74 Å². The maximum atomic E-state index is 9.65. The molecule has 0 unspecified atom stereocenters. The first kappa shape index (κ1) is 10.9. The molecule has 0 aliphatic heterocycles. The van der Waals surface area contributed by atoms with Crippen molar-refractivity contribution in [2.45, 2.75) is 19.6 Å². The SMILES string of the molecule is C=C(C)Cn1nncc1[C@@H](O)COC. The average Bonchev–Trinajstić information content (AvgIpc) is 2.51. The third-order valence-electron chi connectivity index (χ3n) is 1.73. The zero-order valence-electron chi connectivity index (χ0n) is 8.47. The maximum Gasteiger partial charge on any atom is 0.120 e. The number of methoxy groups -OCH3 is 1. The maximum absolute atomic E-state index is 9.65. The summed E-state index contributed by atoms with van der Waals surface area (Å²) in [5.74, 6) is 0. The Bertz CT molecular complexity index is 309. The number of hydrogen-bond donors (Lipinski definition) is 1. The van der Waals surface area contributed by atoms with Gasteiger partial charge in [-0.3, -0.25) is 0 Å². The van der Waals surface area contributed by atoms with Gasteiger partial charge in [0.15, 0.2) is 0 Å². The Kier molecular flexibility index (Phi) is 3.79. The number of aromatic nitrogens is 3. The summed E-state index contributed by atoms with van der Waals surface area (Å²) < 4.78 is 6.46. The molecule has 0 aliphatic carbocycles. The first-order chi connectivity index (χ1) is 6.65. The van der Waals surface area contributed by atoms with Crippen LogP contribution < -0.4 is 0 Å². The van der Waals surface area contributed by atoms with Gasteiger partial charge in [-0.25, -0.2) is 4.68 Å². The van der Waals surface area contributed by atoms with Crippen LogP contribution in [0.4, 0.5) is 0 Å². The monoisotopic (exact) mass is 197 g/mol. The van der Waals surface area contributed by atoms with E-state index in [0.717, 1.165) is 5.57 Å². The van der Waals surface area contributed by atoms with Crippen LogP contribution in [0.5, 0.6) is 0 Å². The summed E-state index contributed by atoms with van der Waals surface area (Å²) in [7, 11) is 1.54. The molecule has 1 atom stereocenters. The standard InChI is InChI=1S/C9H15N3O2/c1-7(2)5-12-8(4-10-11-12)9(13)6-14-3/h4,9,13H,1,5-6H2,2-3H3/t9-/m0/s1. The third-order valence-corrected chi connectivity index (χ3v) is 1.73. The molecule has 0 bridgehead atoms. The molecule has 0 spiro atoms. The molecule has 5 heteroatoms. The van der Waals surface area contributed by atoms with Crippen molar-refractivity contribution in [3.05, 3.63) is 24.0 Å². The van der Waals surface area contributed by atoms with Crippen LogP contribution in [0.1, 0.15) is 18.7 Å². The second kappa shape index (κ2) is 4.88. The molecule has 1 heterocycles. The van der Waals surface area contributed by atoms with Crippen LogP contribution in [0.3, 0.4) is 0 Å². The van der Waals surface area contributed by atoms with E-state index < -0.39 is 6.10 Å². The van der Waals surface area contributed by atoms with Gasteiger partial charge in [0.05, 0.1) is 25.0 Å². The van der Waals surface area contributed by atoms with Gasteiger partial charge in [-0.05, 0) is 6.92 Å². The number of aliphatic hydroxyl groups is 1. The van der Waals surface area contributed by atoms with Gasteiger partial charge in [-0.2, -0.15) is 0 Å². The summed E-state index contributed by atoms with van der Waals surface area (Å²) in [6, 6.07) is 0. The highest BCUT2D eigenvalue weighted by atomic mass is 16.5. The van der Waals surface area contributed by atoms with E-state index in [1.54, 1.807) is 4.68 Å². The van der Waals surface area contributed by atoms with Gasteiger partial charge in [-0.1, -0.05) is 17.4 Å². The molecule has 0 radical (unpaired) electrons. The van der Waals surface area contributed by atoms with Crippen LogP contribution in [-0.2, 0) is 11.3 Å². The van der Waals surface area contributed by atoms with Crippen LogP contribution >= 0.6 is 0 Å². The molecule has 1 rings (SSSR count). The van der Waals surface area contributed by atoms with Crippen molar-refractivity contribution < 1.29 is 9.84 Å². The van der Waals surface area contributed by atoms with Crippen LogP contribution in [0.2, 0.25) is 0 Å². The second-order valence-electron chi connectivity index (χ2n) is 3.24. The first-order valence-electron chi connectivity index (χ1n) is 4.35.